The largest absolute Gasteiger partial charge is 0.381 e. The van der Waals surface area contributed by atoms with Crippen LogP contribution >= 0.6 is 0 Å². The molecule has 0 N–H and O–H groups in total. The SMILES string of the molecule is CCn1c(C)cn2c(C3CCOCC3)ncc2c1=O. The van der Waals surface area contributed by atoms with Crippen molar-refractivity contribution in [3.8, 4) is 0 Å². The molecule has 0 amide bonds. The van der Waals surface area contributed by atoms with E-state index in [1.54, 1.807) is 10.8 Å². The second-order valence-electron chi connectivity index (χ2n) is 5.08. The van der Waals surface area contributed by atoms with E-state index in [9.17, 15) is 4.79 Å². The zero-order chi connectivity index (χ0) is 13.4. The molecule has 1 fully saturated rings. The molecule has 0 aliphatic carbocycles. The van der Waals surface area contributed by atoms with Crippen LogP contribution in [0.15, 0.2) is 17.2 Å². The van der Waals surface area contributed by atoms with Gasteiger partial charge in [-0.15, -0.1) is 0 Å². The highest BCUT2D eigenvalue weighted by Crippen LogP contribution is 2.26. The molecular formula is C14H19N3O2. The van der Waals surface area contributed by atoms with Crippen LogP contribution in [0.5, 0.6) is 0 Å². The van der Waals surface area contributed by atoms with E-state index in [1.807, 2.05) is 24.4 Å². The molecule has 0 unspecified atom stereocenters. The van der Waals surface area contributed by atoms with E-state index < -0.39 is 0 Å². The van der Waals surface area contributed by atoms with Gasteiger partial charge in [-0.25, -0.2) is 4.98 Å². The zero-order valence-electron chi connectivity index (χ0n) is 11.4. The van der Waals surface area contributed by atoms with Crippen LogP contribution in [-0.2, 0) is 11.3 Å². The number of hydrogen-bond acceptors (Lipinski definition) is 3. The molecule has 3 heterocycles. The summed E-state index contributed by atoms with van der Waals surface area (Å²) in [6.07, 6.45) is 5.70. The fourth-order valence-corrected chi connectivity index (χ4v) is 2.87. The van der Waals surface area contributed by atoms with Crippen LogP contribution in [0.2, 0.25) is 0 Å². The molecule has 3 rings (SSSR count). The van der Waals surface area contributed by atoms with Crippen molar-refractivity contribution in [2.24, 2.45) is 0 Å². The summed E-state index contributed by atoms with van der Waals surface area (Å²) in [7, 11) is 0. The first-order valence-electron chi connectivity index (χ1n) is 6.87. The zero-order valence-corrected chi connectivity index (χ0v) is 11.4. The van der Waals surface area contributed by atoms with Crippen molar-refractivity contribution in [2.75, 3.05) is 13.2 Å². The van der Waals surface area contributed by atoms with Crippen molar-refractivity contribution in [3.05, 3.63) is 34.3 Å². The van der Waals surface area contributed by atoms with Gasteiger partial charge in [-0.2, -0.15) is 0 Å². The highest BCUT2D eigenvalue weighted by Gasteiger charge is 2.21. The molecule has 0 bridgehead atoms. The molecule has 0 spiro atoms. The average molecular weight is 261 g/mol. The molecule has 2 aromatic heterocycles. The molecule has 1 aliphatic heterocycles. The van der Waals surface area contributed by atoms with Gasteiger partial charge in [0.1, 0.15) is 11.3 Å². The van der Waals surface area contributed by atoms with Crippen LogP contribution in [0.4, 0.5) is 0 Å². The van der Waals surface area contributed by atoms with E-state index in [0.29, 0.717) is 18.0 Å². The van der Waals surface area contributed by atoms with Crippen molar-refractivity contribution >= 4 is 5.52 Å². The number of nitrogens with zero attached hydrogens (tertiary/aromatic N) is 3. The molecule has 1 aliphatic rings. The summed E-state index contributed by atoms with van der Waals surface area (Å²) in [6.45, 7) is 6.22. The quantitative estimate of drug-likeness (QED) is 0.827. The summed E-state index contributed by atoms with van der Waals surface area (Å²) in [6, 6.07) is 0. The third-order valence-electron chi connectivity index (χ3n) is 3.93. The standard InChI is InChI=1S/C14H19N3O2/c1-3-16-10(2)9-17-12(14(16)18)8-15-13(17)11-4-6-19-7-5-11/h8-9,11H,3-7H2,1-2H3. The molecule has 1 saturated heterocycles. The monoisotopic (exact) mass is 261 g/mol. The molecule has 0 aromatic carbocycles. The van der Waals surface area contributed by atoms with Crippen molar-refractivity contribution in [1.82, 2.24) is 14.0 Å². The number of fused-ring (bicyclic) bond motifs is 1. The van der Waals surface area contributed by atoms with Crippen molar-refractivity contribution < 1.29 is 4.74 Å². The molecule has 102 valence electrons. The Bertz CT molecular complexity index is 650. The van der Waals surface area contributed by atoms with Gasteiger partial charge in [-0.05, 0) is 26.7 Å². The minimum Gasteiger partial charge on any atom is -0.381 e. The molecular weight excluding hydrogens is 242 g/mol. The van der Waals surface area contributed by atoms with Gasteiger partial charge in [0.05, 0.1) is 6.20 Å². The number of imidazole rings is 1. The molecule has 0 atom stereocenters. The van der Waals surface area contributed by atoms with Gasteiger partial charge in [0.15, 0.2) is 0 Å². The number of hydrogen-bond donors (Lipinski definition) is 0. The number of ether oxygens (including phenoxy) is 1. The minimum atomic E-state index is 0.0494. The van der Waals surface area contributed by atoms with Crippen LogP contribution in [0.1, 0.15) is 37.2 Å². The maximum atomic E-state index is 12.4. The van der Waals surface area contributed by atoms with E-state index in [1.165, 1.54) is 0 Å². The Labute approximate surface area is 111 Å². The highest BCUT2D eigenvalue weighted by molar-refractivity contribution is 5.45. The van der Waals surface area contributed by atoms with Crippen LogP contribution in [0.25, 0.3) is 5.52 Å². The summed E-state index contributed by atoms with van der Waals surface area (Å²) < 4.78 is 9.15. The predicted octanol–water partition coefficient (Wildman–Crippen LogP) is 1.72. The predicted molar refractivity (Wildman–Crippen MR) is 72.7 cm³/mol. The normalized spacial score (nSPS) is 17.2. The highest BCUT2D eigenvalue weighted by atomic mass is 16.5. The van der Waals surface area contributed by atoms with Crippen LogP contribution < -0.4 is 5.56 Å². The molecule has 0 saturated carbocycles. The van der Waals surface area contributed by atoms with Gasteiger partial charge < -0.3 is 9.30 Å². The number of aryl methyl sites for hydroxylation is 1. The van der Waals surface area contributed by atoms with Gasteiger partial charge in [-0.3, -0.25) is 9.20 Å². The average Bonchev–Trinajstić information content (AvgIpc) is 2.84. The van der Waals surface area contributed by atoms with E-state index in [0.717, 1.165) is 37.6 Å². The Morgan fingerprint density at radius 2 is 2.16 bits per heavy atom. The van der Waals surface area contributed by atoms with E-state index >= 15 is 0 Å². The summed E-state index contributed by atoms with van der Waals surface area (Å²) >= 11 is 0. The molecule has 2 aromatic rings. The smallest absolute Gasteiger partial charge is 0.276 e. The van der Waals surface area contributed by atoms with Gasteiger partial charge in [0.2, 0.25) is 0 Å². The molecule has 19 heavy (non-hydrogen) atoms. The van der Waals surface area contributed by atoms with Crippen LogP contribution in [0, 0.1) is 6.92 Å². The molecule has 5 heteroatoms. The van der Waals surface area contributed by atoms with E-state index in [2.05, 4.69) is 4.98 Å². The van der Waals surface area contributed by atoms with Gasteiger partial charge in [0.25, 0.3) is 5.56 Å². The lowest BCUT2D eigenvalue weighted by atomic mass is 10.00. The van der Waals surface area contributed by atoms with Crippen LogP contribution in [-0.4, -0.2) is 27.2 Å². The first-order chi connectivity index (χ1) is 9.22. The Morgan fingerprint density at radius 1 is 1.42 bits per heavy atom. The summed E-state index contributed by atoms with van der Waals surface area (Å²) in [5.41, 5.74) is 1.70. The van der Waals surface area contributed by atoms with Gasteiger partial charge in [-0.1, -0.05) is 0 Å². The van der Waals surface area contributed by atoms with Gasteiger partial charge in [0, 0.05) is 37.6 Å². The lowest BCUT2D eigenvalue weighted by molar-refractivity contribution is 0.0835. The van der Waals surface area contributed by atoms with Crippen molar-refractivity contribution in [3.63, 3.8) is 0 Å². The Hall–Kier alpha value is -1.62. The second-order valence-corrected chi connectivity index (χ2v) is 5.08. The molecule has 0 radical (unpaired) electrons. The maximum Gasteiger partial charge on any atom is 0.276 e. The fraction of sp³-hybridized carbons (Fsp3) is 0.571. The van der Waals surface area contributed by atoms with Crippen molar-refractivity contribution in [2.45, 2.75) is 39.2 Å². The lowest BCUT2D eigenvalue weighted by Gasteiger charge is -2.21. The Balaban J connectivity index is 2.15. The maximum absolute atomic E-state index is 12.4. The fourth-order valence-electron chi connectivity index (χ4n) is 2.87. The first-order valence-corrected chi connectivity index (χ1v) is 6.87. The van der Waals surface area contributed by atoms with Crippen molar-refractivity contribution in [1.29, 1.82) is 0 Å². The minimum absolute atomic E-state index is 0.0494. The molecule has 5 nitrogen and oxygen atoms in total. The second kappa shape index (κ2) is 4.81. The van der Waals surface area contributed by atoms with Gasteiger partial charge >= 0.3 is 0 Å². The third kappa shape index (κ3) is 1.98. The summed E-state index contributed by atoms with van der Waals surface area (Å²) in [5, 5.41) is 0. The van der Waals surface area contributed by atoms with Crippen LogP contribution in [0.3, 0.4) is 0 Å². The third-order valence-corrected chi connectivity index (χ3v) is 3.93. The topological polar surface area (TPSA) is 48.5 Å². The summed E-state index contributed by atoms with van der Waals surface area (Å²) in [4.78, 5) is 16.8. The number of aromatic nitrogens is 3. The Morgan fingerprint density at radius 3 is 2.84 bits per heavy atom. The lowest BCUT2D eigenvalue weighted by Crippen LogP contribution is -2.24. The first kappa shape index (κ1) is 12.4. The Kier molecular flexibility index (Phi) is 3.14. The number of rotatable bonds is 2. The van der Waals surface area contributed by atoms with E-state index in [4.69, 9.17) is 4.74 Å². The van der Waals surface area contributed by atoms with E-state index in [-0.39, 0.29) is 5.56 Å². The summed E-state index contributed by atoms with van der Waals surface area (Å²) in [5.74, 6) is 1.40.